The zero-order valence-corrected chi connectivity index (χ0v) is 6.78. The Morgan fingerprint density at radius 3 is 2.67 bits per heavy atom. The molecule has 0 aliphatic heterocycles. The van der Waals surface area contributed by atoms with E-state index in [1.165, 1.54) is 0 Å². The monoisotopic (exact) mass is 168 g/mol. The van der Waals surface area contributed by atoms with E-state index in [1.807, 2.05) is 0 Å². The van der Waals surface area contributed by atoms with E-state index in [2.05, 4.69) is 0 Å². The first-order chi connectivity index (χ1) is 4.16. The fourth-order valence-electron chi connectivity index (χ4n) is 0.449. The highest BCUT2D eigenvalue weighted by Gasteiger charge is 1.96. The molecule has 0 bridgehead atoms. The van der Waals surface area contributed by atoms with Crippen molar-refractivity contribution in [2.24, 2.45) is 0 Å². The van der Waals surface area contributed by atoms with Gasteiger partial charge in [0.1, 0.15) is 0 Å². The molecule has 0 aromatic rings. The van der Waals surface area contributed by atoms with E-state index >= 15 is 0 Å². The highest BCUT2D eigenvalue weighted by molar-refractivity contribution is 6.30. The topological polar surface area (TPSA) is 20.2 Å². The molecule has 0 radical (unpaired) electrons. The second kappa shape index (κ2) is 5.10. The van der Waals surface area contributed by atoms with Gasteiger partial charge in [0, 0.05) is 17.3 Å². The molecule has 1 N–H and O–H groups in total. The van der Waals surface area contributed by atoms with Crippen molar-refractivity contribution >= 4 is 23.2 Å². The minimum Gasteiger partial charge on any atom is -0.393 e. The normalized spacial score (nSPS) is 15.8. The van der Waals surface area contributed by atoms with Crippen LogP contribution in [0, 0.1) is 0 Å². The average molecular weight is 169 g/mol. The van der Waals surface area contributed by atoms with Crippen molar-refractivity contribution in [3.8, 4) is 0 Å². The Morgan fingerprint density at radius 2 is 2.33 bits per heavy atom. The highest BCUT2D eigenvalue weighted by Crippen LogP contribution is 2.09. The molecule has 0 fully saturated rings. The van der Waals surface area contributed by atoms with Crippen molar-refractivity contribution < 1.29 is 5.11 Å². The van der Waals surface area contributed by atoms with Crippen LogP contribution in [-0.2, 0) is 0 Å². The molecule has 0 heterocycles. The summed E-state index contributed by atoms with van der Waals surface area (Å²) in [5, 5.41) is 9.41. The first-order valence-electron chi connectivity index (χ1n) is 2.75. The number of aliphatic hydroxyl groups excluding tert-OH is 1. The van der Waals surface area contributed by atoms with Crippen LogP contribution in [0.3, 0.4) is 0 Å². The molecule has 1 nitrogen and oxygen atoms in total. The Morgan fingerprint density at radius 1 is 1.78 bits per heavy atom. The van der Waals surface area contributed by atoms with Gasteiger partial charge in [-0.25, -0.2) is 0 Å². The SMILES string of the molecule is CC(O)C/C(Cl)=C/CCl. The number of aliphatic hydroxyl groups is 1. The van der Waals surface area contributed by atoms with Gasteiger partial charge in [-0.2, -0.15) is 0 Å². The van der Waals surface area contributed by atoms with Gasteiger partial charge >= 0.3 is 0 Å². The smallest absolute Gasteiger partial charge is 0.0560 e. The molecule has 0 spiro atoms. The van der Waals surface area contributed by atoms with E-state index in [9.17, 15) is 0 Å². The van der Waals surface area contributed by atoms with Crippen molar-refractivity contribution in [3.63, 3.8) is 0 Å². The third-order valence-corrected chi connectivity index (χ3v) is 1.25. The third-order valence-electron chi connectivity index (χ3n) is 0.789. The van der Waals surface area contributed by atoms with Crippen LogP contribution in [0.5, 0.6) is 0 Å². The minimum atomic E-state index is -0.378. The summed E-state index contributed by atoms with van der Waals surface area (Å²) in [7, 11) is 0. The van der Waals surface area contributed by atoms with Crippen LogP contribution in [0.15, 0.2) is 11.1 Å². The highest BCUT2D eigenvalue weighted by atomic mass is 35.5. The van der Waals surface area contributed by atoms with Gasteiger partial charge in [0.15, 0.2) is 0 Å². The van der Waals surface area contributed by atoms with Gasteiger partial charge in [0.05, 0.1) is 6.10 Å². The molecular weight excluding hydrogens is 159 g/mol. The standard InChI is InChI=1S/C6H10Cl2O/c1-5(9)4-6(8)2-3-7/h2,5,9H,3-4H2,1H3/b6-2-. The summed E-state index contributed by atoms with van der Waals surface area (Å²) in [6.07, 6.45) is 1.79. The lowest BCUT2D eigenvalue weighted by Gasteiger charge is -1.99. The largest absolute Gasteiger partial charge is 0.393 e. The van der Waals surface area contributed by atoms with Crippen molar-refractivity contribution in [1.82, 2.24) is 0 Å². The Hall–Kier alpha value is 0.280. The molecular formula is C6H10Cl2O. The second-order valence-electron chi connectivity index (χ2n) is 1.86. The number of hydrogen-bond donors (Lipinski definition) is 1. The average Bonchev–Trinajstić information content (AvgIpc) is 1.63. The maximum Gasteiger partial charge on any atom is 0.0560 e. The summed E-state index contributed by atoms with van der Waals surface area (Å²) in [6.45, 7) is 1.68. The maximum atomic E-state index is 8.78. The molecule has 0 amide bonds. The van der Waals surface area contributed by atoms with Gasteiger partial charge in [-0.05, 0) is 6.92 Å². The number of allylic oxidation sites excluding steroid dienone is 1. The number of hydrogen-bond acceptors (Lipinski definition) is 1. The molecule has 54 valence electrons. The first kappa shape index (κ1) is 9.28. The van der Waals surface area contributed by atoms with Crippen LogP contribution >= 0.6 is 23.2 Å². The van der Waals surface area contributed by atoms with Gasteiger partial charge in [-0.3, -0.25) is 0 Å². The van der Waals surface area contributed by atoms with Crippen LogP contribution in [0.25, 0.3) is 0 Å². The van der Waals surface area contributed by atoms with E-state index in [0.29, 0.717) is 17.3 Å². The van der Waals surface area contributed by atoms with Crippen LogP contribution < -0.4 is 0 Å². The molecule has 0 aliphatic carbocycles. The molecule has 1 atom stereocenters. The molecule has 0 aromatic heterocycles. The van der Waals surface area contributed by atoms with Crippen molar-refractivity contribution in [2.75, 3.05) is 5.88 Å². The Kier molecular flexibility index (Phi) is 5.25. The maximum absolute atomic E-state index is 8.78. The summed E-state index contributed by atoms with van der Waals surface area (Å²) in [4.78, 5) is 0. The zero-order valence-electron chi connectivity index (χ0n) is 5.27. The lowest BCUT2D eigenvalue weighted by Crippen LogP contribution is -1.98. The zero-order chi connectivity index (χ0) is 7.28. The number of rotatable bonds is 3. The lowest BCUT2D eigenvalue weighted by molar-refractivity contribution is 0.197. The van der Waals surface area contributed by atoms with E-state index in [0.717, 1.165) is 0 Å². The van der Waals surface area contributed by atoms with Crippen LogP contribution in [-0.4, -0.2) is 17.1 Å². The van der Waals surface area contributed by atoms with Gasteiger partial charge < -0.3 is 5.11 Å². The lowest BCUT2D eigenvalue weighted by atomic mass is 10.3. The predicted octanol–water partition coefficient (Wildman–Crippen LogP) is 2.12. The molecule has 1 unspecified atom stereocenters. The minimum absolute atomic E-state index is 0.378. The van der Waals surface area contributed by atoms with Crippen LogP contribution in [0.2, 0.25) is 0 Å². The predicted molar refractivity (Wildman–Crippen MR) is 41.0 cm³/mol. The van der Waals surface area contributed by atoms with E-state index in [1.54, 1.807) is 13.0 Å². The summed E-state index contributed by atoms with van der Waals surface area (Å²) >= 11 is 10.9. The van der Waals surface area contributed by atoms with Gasteiger partial charge in [-0.1, -0.05) is 17.7 Å². The fourth-order valence-corrected chi connectivity index (χ4v) is 1.01. The number of halogens is 2. The summed E-state index contributed by atoms with van der Waals surface area (Å²) in [6, 6.07) is 0. The van der Waals surface area contributed by atoms with E-state index < -0.39 is 0 Å². The molecule has 0 saturated carbocycles. The molecule has 0 aliphatic rings. The molecule has 3 heteroatoms. The summed E-state index contributed by atoms with van der Waals surface area (Å²) in [5.41, 5.74) is 0. The Labute approximate surface area is 65.3 Å². The second-order valence-corrected chi connectivity index (χ2v) is 2.65. The van der Waals surface area contributed by atoms with Crippen molar-refractivity contribution in [3.05, 3.63) is 11.1 Å². The fraction of sp³-hybridized carbons (Fsp3) is 0.667. The third kappa shape index (κ3) is 6.16. The summed E-state index contributed by atoms with van der Waals surface area (Å²) < 4.78 is 0. The van der Waals surface area contributed by atoms with Gasteiger partial charge in [-0.15, -0.1) is 11.6 Å². The van der Waals surface area contributed by atoms with Crippen molar-refractivity contribution in [2.45, 2.75) is 19.4 Å². The molecule has 0 aromatic carbocycles. The van der Waals surface area contributed by atoms with Gasteiger partial charge in [0.25, 0.3) is 0 Å². The van der Waals surface area contributed by atoms with Gasteiger partial charge in [0.2, 0.25) is 0 Å². The molecule has 0 saturated heterocycles. The Balaban J connectivity index is 3.49. The quantitative estimate of drug-likeness (QED) is 0.641. The van der Waals surface area contributed by atoms with Crippen LogP contribution in [0.1, 0.15) is 13.3 Å². The first-order valence-corrected chi connectivity index (χ1v) is 3.66. The van der Waals surface area contributed by atoms with E-state index in [4.69, 9.17) is 28.3 Å². The Bertz CT molecular complexity index is 99.2. The number of alkyl halides is 1. The van der Waals surface area contributed by atoms with Crippen molar-refractivity contribution in [1.29, 1.82) is 0 Å². The van der Waals surface area contributed by atoms with Crippen LogP contribution in [0.4, 0.5) is 0 Å². The van der Waals surface area contributed by atoms with E-state index in [-0.39, 0.29) is 6.10 Å². The summed E-state index contributed by atoms with van der Waals surface area (Å²) in [5.74, 6) is 0.408. The molecule has 9 heavy (non-hydrogen) atoms. The molecule has 0 rings (SSSR count).